The molecule has 1 aromatic heterocycles. The monoisotopic (exact) mass is 524 g/mol. The van der Waals surface area contributed by atoms with Gasteiger partial charge in [0.2, 0.25) is 5.88 Å². The van der Waals surface area contributed by atoms with E-state index in [2.05, 4.69) is 10.3 Å². The van der Waals surface area contributed by atoms with Gasteiger partial charge in [-0.25, -0.2) is 4.98 Å². The van der Waals surface area contributed by atoms with Crippen molar-refractivity contribution in [2.24, 2.45) is 0 Å². The van der Waals surface area contributed by atoms with Crippen LogP contribution in [0.25, 0.3) is 0 Å². The highest BCUT2D eigenvalue weighted by Crippen LogP contribution is 2.30. The van der Waals surface area contributed by atoms with Crippen LogP contribution in [-0.4, -0.2) is 22.5 Å². The highest BCUT2D eigenvalue weighted by atomic mass is 35.5. The summed E-state index contributed by atoms with van der Waals surface area (Å²) in [6.45, 7) is 4.95. The summed E-state index contributed by atoms with van der Waals surface area (Å²) in [5, 5.41) is 4.23. The van der Waals surface area contributed by atoms with Gasteiger partial charge in [-0.1, -0.05) is 47.5 Å². The molecule has 3 aromatic rings. The number of halogens is 5. The van der Waals surface area contributed by atoms with Gasteiger partial charge in [0.1, 0.15) is 0 Å². The Balaban J connectivity index is 1.75. The fourth-order valence-corrected chi connectivity index (χ4v) is 3.82. The molecule has 0 aliphatic heterocycles. The number of rotatable bonds is 8. The fourth-order valence-electron chi connectivity index (χ4n) is 3.56. The van der Waals surface area contributed by atoms with Crippen LogP contribution in [0.4, 0.5) is 13.2 Å². The largest absolute Gasteiger partial charge is 0.462 e. The average molecular weight is 525 g/mol. The minimum absolute atomic E-state index is 0.0822. The van der Waals surface area contributed by atoms with Crippen molar-refractivity contribution in [3.05, 3.63) is 93.6 Å². The number of nitrogens with one attached hydrogen (secondary N) is 1. The highest BCUT2D eigenvalue weighted by molar-refractivity contribution is 6.30. The van der Waals surface area contributed by atoms with E-state index in [-0.39, 0.29) is 17.8 Å². The molecule has 186 valence electrons. The lowest BCUT2D eigenvalue weighted by atomic mass is 9.86. The number of carbonyl (C=O) groups excluding carboxylic acids is 1. The number of hydrogen-bond donors (Lipinski definition) is 1. The van der Waals surface area contributed by atoms with E-state index in [0.717, 1.165) is 23.3 Å². The number of nitrogens with zero attached hydrogens (tertiary/aromatic N) is 1. The predicted molar refractivity (Wildman–Crippen MR) is 131 cm³/mol. The van der Waals surface area contributed by atoms with Crippen molar-refractivity contribution in [3.63, 3.8) is 0 Å². The van der Waals surface area contributed by atoms with Gasteiger partial charge < -0.3 is 10.1 Å². The van der Waals surface area contributed by atoms with Crippen LogP contribution in [0.2, 0.25) is 10.0 Å². The molecule has 0 saturated heterocycles. The Kier molecular flexibility index (Phi) is 8.34. The number of aromatic nitrogens is 1. The van der Waals surface area contributed by atoms with Gasteiger partial charge in [-0.05, 0) is 68.7 Å². The summed E-state index contributed by atoms with van der Waals surface area (Å²) in [4.78, 5) is 16.8. The third-order valence-corrected chi connectivity index (χ3v) is 6.10. The second-order valence-corrected chi connectivity index (χ2v) is 9.62. The SMILES string of the molecule is C[C@H](NC(=O)C(C)(C)Oc1ccc(C(F)(F)F)cn1)[C@@H](Cc1ccc(Cl)cc1)c1ccc(Cl)cc1. The Hall–Kier alpha value is -2.77. The predicted octanol–water partition coefficient (Wildman–Crippen LogP) is 7.10. The fraction of sp³-hybridized carbons (Fsp3) is 0.308. The molecule has 1 amide bonds. The first-order valence-corrected chi connectivity index (χ1v) is 11.6. The first kappa shape index (κ1) is 26.8. The van der Waals surface area contributed by atoms with E-state index in [0.29, 0.717) is 22.7 Å². The van der Waals surface area contributed by atoms with E-state index in [1.54, 1.807) is 12.1 Å². The maximum absolute atomic E-state index is 13.1. The molecule has 0 unspecified atom stereocenters. The van der Waals surface area contributed by atoms with Crippen LogP contribution in [0.3, 0.4) is 0 Å². The first-order chi connectivity index (χ1) is 16.3. The molecule has 9 heteroatoms. The molecule has 3 rings (SSSR count). The summed E-state index contributed by atoms with van der Waals surface area (Å²) >= 11 is 12.1. The van der Waals surface area contributed by atoms with Crippen LogP contribution in [0.5, 0.6) is 5.88 Å². The number of alkyl halides is 3. The van der Waals surface area contributed by atoms with Crippen molar-refractivity contribution < 1.29 is 22.7 Å². The van der Waals surface area contributed by atoms with Crippen LogP contribution < -0.4 is 10.1 Å². The summed E-state index contributed by atoms with van der Waals surface area (Å²) in [7, 11) is 0. The molecule has 35 heavy (non-hydrogen) atoms. The summed E-state index contributed by atoms with van der Waals surface area (Å²) in [5.74, 6) is -0.611. The summed E-state index contributed by atoms with van der Waals surface area (Å²) < 4.78 is 44.0. The normalized spacial score (nSPS) is 13.7. The minimum Gasteiger partial charge on any atom is -0.462 e. The van der Waals surface area contributed by atoms with Gasteiger partial charge >= 0.3 is 6.18 Å². The zero-order valence-corrected chi connectivity index (χ0v) is 20.9. The third-order valence-electron chi connectivity index (χ3n) is 5.60. The molecule has 0 fully saturated rings. The number of carbonyl (C=O) groups is 1. The van der Waals surface area contributed by atoms with Crippen molar-refractivity contribution >= 4 is 29.1 Å². The Morgan fingerprint density at radius 1 is 0.971 bits per heavy atom. The van der Waals surface area contributed by atoms with Crippen LogP contribution >= 0.6 is 23.2 Å². The second kappa shape index (κ2) is 10.9. The topological polar surface area (TPSA) is 51.2 Å². The van der Waals surface area contributed by atoms with E-state index >= 15 is 0 Å². The number of amides is 1. The molecule has 0 bridgehead atoms. The lowest BCUT2D eigenvalue weighted by Crippen LogP contribution is -2.51. The first-order valence-electron chi connectivity index (χ1n) is 10.9. The van der Waals surface area contributed by atoms with Gasteiger partial charge in [0.15, 0.2) is 5.60 Å². The van der Waals surface area contributed by atoms with E-state index < -0.39 is 23.2 Å². The molecule has 0 saturated carbocycles. The third kappa shape index (κ3) is 7.36. The van der Waals surface area contributed by atoms with Gasteiger partial charge in [-0.2, -0.15) is 13.2 Å². The Morgan fingerprint density at radius 3 is 2.06 bits per heavy atom. The molecule has 4 nitrogen and oxygen atoms in total. The molecular weight excluding hydrogens is 500 g/mol. The van der Waals surface area contributed by atoms with Gasteiger partial charge in [-0.15, -0.1) is 0 Å². The zero-order chi connectivity index (χ0) is 25.8. The Labute approximate surface area is 212 Å². The average Bonchev–Trinajstić information content (AvgIpc) is 2.79. The smallest absolute Gasteiger partial charge is 0.417 e. The van der Waals surface area contributed by atoms with Gasteiger partial charge in [0, 0.05) is 34.3 Å². The van der Waals surface area contributed by atoms with Crippen LogP contribution in [-0.2, 0) is 17.4 Å². The highest BCUT2D eigenvalue weighted by Gasteiger charge is 2.34. The molecule has 1 N–H and O–H groups in total. The number of hydrogen-bond acceptors (Lipinski definition) is 3. The lowest BCUT2D eigenvalue weighted by Gasteiger charge is -2.30. The molecule has 1 heterocycles. The minimum atomic E-state index is -4.51. The van der Waals surface area contributed by atoms with Gasteiger partial charge in [0.25, 0.3) is 5.91 Å². The van der Waals surface area contributed by atoms with E-state index in [1.165, 1.54) is 13.8 Å². The number of ether oxygens (including phenoxy) is 1. The van der Waals surface area contributed by atoms with Crippen molar-refractivity contribution in [2.45, 2.75) is 50.9 Å². The number of pyridine rings is 1. The molecule has 2 atom stereocenters. The molecule has 2 aromatic carbocycles. The molecular formula is C26H25Cl2F3N2O2. The quantitative estimate of drug-likeness (QED) is 0.342. The van der Waals surface area contributed by atoms with E-state index in [4.69, 9.17) is 27.9 Å². The molecule has 0 aliphatic rings. The van der Waals surface area contributed by atoms with E-state index in [9.17, 15) is 18.0 Å². The van der Waals surface area contributed by atoms with Gasteiger partial charge in [0.05, 0.1) is 5.56 Å². The van der Waals surface area contributed by atoms with Crippen molar-refractivity contribution in [3.8, 4) is 5.88 Å². The van der Waals surface area contributed by atoms with Crippen molar-refractivity contribution in [2.75, 3.05) is 0 Å². The molecule has 0 aliphatic carbocycles. The summed E-state index contributed by atoms with van der Waals surface area (Å²) in [5.41, 5.74) is -0.250. The van der Waals surface area contributed by atoms with Gasteiger partial charge in [-0.3, -0.25) is 4.79 Å². The summed E-state index contributed by atoms with van der Waals surface area (Å²) in [6.07, 6.45) is -3.20. The maximum Gasteiger partial charge on any atom is 0.417 e. The molecule has 0 spiro atoms. The zero-order valence-electron chi connectivity index (χ0n) is 19.4. The van der Waals surface area contributed by atoms with Crippen molar-refractivity contribution in [1.82, 2.24) is 10.3 Å². The number of benzene rings is 2. The maximum atomic E-state index is 13.1. The Morgan fingerprint density at radius 2 is 1.54 bits per heavy atom. The molecule has 0 radical (unpaired) electrons. The van der Waals surface area contributed by atoms with E-state index in [1.807, 2.05) is 43.3 Å². The van der Waals surface area contributed by atoms with Crippen LogP contribution in [0.1, 0.15) is 43.4 Å². The van der Waals surface area contributed by atoms with Crippen LogP contribution in [0.15, 0.2) is 66.9 Å². The summed E-state index contributed by atoms with van der Waals surface area (Å²) in [6, 6.07) is 16.6. The second-order valence-electron chi connectivity index (χ2n) is 8.75. The lowest BCUT2D eigenvalue weighted by molar-refractivity contribution is -0.138. The Bertz CT molecular complexity index is 1130. The van der Waals surface area contributed by atoms with Crippen LogP contribution in [0, 0.1) is 0 Å². The standard InChI is InChI=1S/C26H25Cl2F3N2O2/c1-16(22(18-6-11-21(28)12-7-18)14-17-4-9-20(27)10-5-17)33-24(34)25(2,3)35-23-13-8-19(15-32-23)26(29,30)31/h4-13,15-16,22H,14H2,1-3H3,(H,33,34)/t16-,22+/m0/s1. The van der Waals surface area contributed by atoms with Crippen molar-refractivity contribution in [1.29, 1.82) is 0 Å².